The SMILES string of the molecule is COc1ccc(C2(c3ccc(OC)cc3)CCCN(Cc3cccc(C(=O)N(C)CCC#N)c3)C2)cc1. The first-order valence-electron chi connectivity index (χ1n) is 12.7. The first kappa shape index (κ1) is 26.2. The van der Waals surface area contributed by atoms with Crippen LogP contribution in [0.15, 0.2) is 72.8 Å². The normalized spacial score (nSPS) is 15.0. The van der Waals surface area contributed by atoms with E-state index >= 15 is 0 Å². The van der Waals surface area contributed by atoms with Crippen molar-refractivity contribution in [2.75, 3.05) is 40.9 Å². The third-order valence-electron chi connectivity index (χ3n) is 7.34. The van der Waals surface area contributed by atoms with Crippen molar-refractivity contribution in [1.82, 2.24) is 9.80 Å². The van der Waals surface area contributed by atoms with Crippen molar-refractivity contribution in [2.45, 2.75) is 31.2 Å². The van der Waals surface area contributed by atoms with Crippen molar-refractivity contribution < 1.29 is 14.3 Å². The minimum Gasteiger partial charge on any atom is -0.497 e. The van der Waals surface area contributed by atoms with E-state index < -0.39 is 0 Å². The Kier molecular flexibility index (Phi) is 8.47. The van der Waals surface area contributed by atoms with E-state index in [4.69, 9.17) is 14.7 Å². The van der Waals surface area contributed by atoms with E-state index in [1.807, 2.05) is 42.5 Å². The van der Waals surface area contributed by atoms with Gasteiger partial charge in [-0.25, -0.2) is 0 Å². The Labute approximate surface area is 220 Å². The Morgan fingerprint density at radius 1 is 1.00 bits per heavy atom. The first-order valence-corrected chi connectivity index (χ1v) is 12.7. The number of benzene rings is 3. The molecule has 0 saturated carbocycles. The van der Waals surface area contributed by atoms with Crippen molar-refractivity contribution in [3.63, 3.8) is 0 Å². The molecule has 4 rings (SSSR count). The van der Waals surface area contributed by atoms with Crippen LogP contribution in [0.4, 0.5) is 0 Å². The quantitative estimate of drug-likeness (QED) is 0.403. The van der Waals surface area contributed by atoms with Crippen LogP contribution in [-0.4, -0.2) is 56.6 Å². The van der Waals surface area contributed by atoms with E-state index in [0.29, 0.717) is 18.5 Å². The highest BCUT2D eigenvalue weighted by Gasteiger charge is 2.38. The van der Waals surface area contributed by atoms with Gasteiger partial charge in [0.25, 0.3) is 5.91 Å². The minimum absolute atomic E-state index is 0.0541. The Bertz CT molecular complexity index is 1180. The van der Waals surface area contributed by atoms with E-state index in [9.17, 15) is 4.79 Å². The van der Waals surface area contributed by atoms with Crippen molar-refractivity contribution in [2.24, 2.45) is 0 Å². The molecule has 37 heavy (non-hydrogen) atoms. The van der Waals surface area contributed by atoms with Gasteiger partial charge in [0.1, 0.15) is 11.5 Å². The second-order valence-corrected chi connectivity index (χ2v) is 9.69. The average Bonchev–Trinajstić information content (AvgIpc) is 2.95. The molecular weight excluding hydrogens is 462 g/mol. The Balaban J connectivity index is 1.60. The van der Waals surface area contributed by atoms with Crippen LogP contribution in [0.25, 0.3) is 0 Å². The predicted molar refractivity (Wildman–Crippen MR) is 145 cm³/mol. The third kappa shape index (κ3) is 5.95. The molecule has 3 aromatic rings. The third-order valence-corrected chi connectivity index (χ3v) is 7.34. The number of ether oxygens (including phenoxy) is 2. The number of methoxy groups -OCH3 is 2. The van der Waals surface area contributed by atoms with Crippen molar-refractivity contribution >= 4 is 5.91 Å². The summed E-state index contributed by atoms with van der Waals surface area (Å²) in [6.07, 6.45) is 2.44. The van der Waals surface area contributed by atoms with Crippen LogP contribution < -0.4 is 9.47 Å². The van der Waals surface area contributed by atoms with Gasteiger partial charge in [0.2, 0.25) is 0 Å². The standard InChI is InChI=1S/C31H35N3O3/c1-33(19-6-18-32)30(35)25-8-4-7-24(21-25)22-34-20-5-17-31(23-34,26-9-13-28(36-2)14-10-26)27-11-15-29(37-3)16-12-27/h4,7-16,21H,5-6,17,19-20,22-23H2,1-3H3. The molecule has 0 radical (unpaired) electrons. The topological polar surface area (TPSA) is 65.8 Å². The van der Waals surface area contributed by atoms with Gasteiger partial charge in [-0.15, -0.1) is 0 Å². The Hall–Kier alpha value is -3.82. The van der Waals surface area contributed by atoms with Gasteiger partial charge < -0.3 is 14.4 Å². The molecule has 1 aliphatic heterocycles. The zero-order chi connectivity index (χ0) is 26.3. The van der Waals surface area contributed by atoms with Gasteiger partial charge in [0.15, 0.2) is 0 Å². The van der Waals surface area contributed by atoms with E-state index in [1.165, 1.54) is 11.1 Å². The number of rotatable bonds is 9. The van der Waals surface area contributed by atoms with Crippen LogP contribution in [0.1, 0.15) is 46.3 Å². The van der Waals surface area contributed by atoms with Crippen LogP contribution in [0.3, 0.4) is 0 Å². The fraction of sp³-hybridized carbons (Fsp3) is 0.355. The summed E-state index contributed by atoms with van der Waals surface area (Å²) in [5.41, 5.74) is 4.14. The van der Waals surface area contributed by atoms with E-state index in [2.05, 4.69) is 41.3 Å². The second kappa shape index (κ2) is 11.9. The number of piperidine rings is 1. The fourth-order valence-electron chi connectivity index (χ4n) is 5.34. The summed E-state index contributed by atoms with van der Waals surface area (Å²) in [4.78, 5) is 17.0. The molecule has 0 N–H and O–H groups in total. The van der Waals surface area contributed by atoms with Gasteiger partial charge in [-0.1, -0.05) is 36.4 Å². The Morgan fingerprint density at radius 3 is 2.19 bits per heavy atom. The summed E-state index contributed by atoms with van der Waals surface area (Å²) in [5.74, 6) is 1.64. The maximum atomic E-state index is 12.9. The van der Waals surface area contributed by atoms with Crippen molar-refractivity contribution in [3.05, 3.63) is 95.1 Å². The molecule has 1 saturated heterocycles. The minimum atomic E-state index is -0.165. The molecule has 1 aliphatic rings. The largest absolute Gasteiger partial charge is 0.497 e. The van der Waals surface area contributed by atoms with Crippen LogP contribution >= 0.6 is 0 Å². The number of likely N-dealkylation sites (tertiary alicyclic amines) is 1. The number of carbonyl (C=O) groups excluding carboxylic acids is 1. The maximum Gasteiger partial charge on any atom is 0.253 e. The van der Waals surface area contributed by atoms with Gasteiger partial charge in [-0.2, -0.15) is 5.26 Å². The number of hydrogen-bond donors (Lipinski definition) is 0. The lowest BCUT2D eigenvalue weighted by Crippen LogP contribution is -2.46. The summed E-state index contributed by atoms with van der Waals surface area (Å²) in [7, 11) is 5.13. The molecule has 6 nitrogen and oxygen atoms in total. The van der Waals surface area contributed by atoms with Crippen LogP contribution in [0.5, 0.6) is 11.5 Å². The smallest absolute Gasteiger partial charge is 0.253 e. The summed E-state index contributed by atoms with van der Waals surface area (Å²) in [6.45, 7) is 3.05. The molecule has 1 fully saturated rings. The predicted octanol–water partition coefficient (Wildman–Crippen LogP) is 5.27. The second-order valence-electron chi connectivity index (χ2n) is 9.69. The summed E-state index contributed by atoms with van der Waals surface area (Å²) >= 11 is 0. The summed E-state index contributed by atoms with van der Waals surface area (Å²) < 4.78 is 10.8. The zero-order valence-corrected chi connectivity index (χ0v) is 21.9. The highest BCUT2D eigenvalue weighted by Crippen LogP contribution is 2.41. The first-order chi connectivity index (χ1) is 18.0. The molecule has 192 valence electrons. The van der Waals surface area contributed by atoms with E-state index in [0.717, 1.165) is 49.5 Å². The molecule has 1 amide bonds. The molecule has 0 spiro atoms. The van der Waals surface area contributed by atoms with Crippen LogP contribution in [-0.2, 0) is 12.0 Å². The van der Waals surface area contributed by atoms with Crippen molar-refractivity contribution in [1.29, 1.82) is 5.26 Å². The zero-order valence-electron chi connectivity index (χ0n) is 21.9. The highest BCUT2D eigenvalue weighted by molar-refractivity contribution is 5.94. The molecule has 0 aromatic heterocycles. The number of nitriles is 1. The van der Waals surface area contributed by atoms with Gasteiger partial charge in [-0.05, 0) is 72.5 Å². The highest BCUT2D eigenvalue weighted by atomic mass is 16.5. The fourth-order valence-corrected chi connectivity index (χ4v) is 5.34. The molecular formula is C31H35N3O3. The lowest BCUT2D eigenvalue weighted by Gasteiger charge is -2.44. The van der Waals surface area contributed by atoms with Crippen LogP contribution in [0.2, 0.25) is 0 Å². The van der Waals surface area contributed by atoms with E-state index in [1.54, 1.807) is 26.2 Å². The summed E-state index contributed by atoms with van der Waals surface area (Å²) in [5, 5.41) is 8.85. The van der Waals surface area contributed by atoms with Gasteiger partial charge in [0.05, 0.1) is 26.7 Å². The molecule has 0 aliphatic carbocycles. The average molecular weight is 498 g/mol. The van der Waals surface area contributed by atoms with Gasteiger partial charge >= 0.3 is 0 Å². The van der Waals surface area contributed by atoms with Crippen LogP contribution in [0, 0.1) is 11.3 Å². The Morgan fingerprint density at radius 2 is 1.62 bits per heavy atom. The maximum absolute atomic E-state index is 12.9. The van der Waals surface area contributed by atoms with Crippen molar-refractivity contribution in [3.8, 4) is 17.6 Å². The molecule has 3 aromatic carbocycles. The molecule has 6 heteroatoms. The number of carbonyl (C=O) groups is 1. The number of nitrogens with zero attached hydrogens (tertiary/aromatic N) is 3. The molecule has 0 bridgehead atoms. The monoisotopic (exact) mass is 497 g/mol. The molecule has 0 unspecified atom stereocenters. The molecule has 1 heterocycles. The molecule has 0 atom stereocenters. The van der Waals surface area contributed by atoms with Gasteiger partial charge in [-0.3, -0.25) is 9.69 Å². The van der Waals surface area contributed by atoms with E-state index in [-0.39, 0.29) is 11.3 Å². The lowest BCUT2D eigenvalue weighted by atomic mass is 9.69. The summed E-state index contributed by atoms with van der Waals surface area (Å²) in [6, 6.07) is 26.9. The number of amides is 1. The number of hydrogen-bond acceptors (Lipinski definition) is 5. The lowest BCUT2D eigenvalue weighted by molar-refractivity contribution is 0.0797. The van der Waals surface area contributed by atoms with Gasteiger partial charge in [0, 0.05) is 37.7 Å².